The first-order chi connectivity index (χ1) is 12.0. The van der Waals surface area contributed by atoms with Crippen LogP contribution in [0.15, 0.2) is 40.9 Å². The summed E-state index contributed by atoms with van der Waals surface area (Å²) in [6.07, 6.45) is 0. The zero-order chi connectivity index (χ0) is 18.8. The van der Waals surface area contributed by atoms with Gasteiger partial charge in [-0.05, 0) is 20.8 Å². The molecule has 0 aromatic heterocycles. The van der Waals surface area contributed by atoms with Crippen molar-refractivity contribution in [2.24, 2.45) is 10.9 Å². The van der Waals surface area contributed by atoms with Crippen LogP contribution in [-0.4, -0.2) is 52.0 Å². The number of carbonyl (C=O) groups is 1. The van der Waals surface area contributed by atoms with Crippen molar-refractivity contribution in [3.63, 3.8) is 0 Å². The molecular weight excluding hydrogens is 379 g/mol. The summed E-state index contributed by atoms with van der Waals surface area (Å²) in [5.41, 5.74) is 1.11. The molecule has 2 atom stereocenters. The summed E-state index contributed by atoms with van der Waals surface area (Å²) in [4.78, 5) is 17.1. The van der Waals surface area contributed by atoms with Crippen LogP contribution < -0.4 is 4.90 Å². The van der Waals surface area contributed by atoms with Crippen molar-refractivity contribution >= 4 is 32.4 Å². The molecule has 0 saturated heterocycles. The Morgan fingerprint density at radius 1 is 1.20 bits per heavy atom. The summed E-state index contributed by atoms with van der Waals surface area (Å²) < 4.78 is 0.280. The number of amides is 1. The quantitative estimate of drug-likeness (QED) is 0.605. The van der Waals surface area contributed by atoms with Crippen molar-refractivity contribution in [2.45, 2.75) is 26.7 Å². The summed E-state index contributed by atoms with van der Waals surface area (Å²) in [6, 6.07) is 11.0. The van der Waals surface area contributed by atoms with Gasteiger partial charge in [-0.15, -0.1) is 0 Å². The van der Waals surface area contributed by atoms with Crippen LogP contribution in [0.4, 0.5) is 0 Å². The molecule has 1 amide bonds. The summed E-state index contributed by atoms with van der Waals surface area (Å²) in [7, 11) is 0. The molecular formula is C19H23N4OSe. The van der Waals surface area contributed by atoms with Crippen LogP contribution in [0.5, 0.6) is 0 Å². The standard InChI is InChI=1S/C13H7N3OSe.C6H15N/c14-6-9-11(8-4-2-1-3-5-8)10(7-15)13(18)16-12(9)17;1-4-7(5-2)6-3/h1-5,9,11H;4-6H2,1-3H3/q-1;/p+1. The van der Waals surface area contributed by atoms with E-state index in [9.17, 15) is 10.2 Å². The van der Waals surface area contributed by atoms with E-state index in [-0.39, 0.29) is 4.61 Å². The van der Waals surface area contributed by atoms with Gasteiger partial charge in [-0.2, -0.15) is 0 Å². The van der Waals surface area contributed by atoms with Gasteiger partial charge in [-0.25, -0.2) is 0 Å². The maximum atomic E-state index is 11.7. The maximum absolute atomic E-state index is 11.7. The molecule has 1 heterocycles. The van der Waals surface area contributed by atoms with Gasteiger partial charge in [-0.3, -0.25) is 0 Å². The number of carbonyl (C=O) groups excluding carboxylic acids is 1. The number of hydrogen-bond donors (Lipinski definition) is 1. The van der Waals surface area contributed by atoms with Crippen LogP contribution in [0.25, 0.3) is 5.41 Å². The van der Waals surface area contributed by atoms with Crippen molar-refractivity contribution in [3.05, 3.63) is 46.9 Å². The number of nitrogens with zero attached hydrogens (tertiary/aromatic N) is 3. The summed E-state index contributed by atoms with van der Waals surface area (Å²) >= 11 is 2.61. The van der Waals surface area contributed by atoms with Crippen molar-refractivity contribution in [2.75, 3.05) is 19.6 Å². The van der Waals surface area contributed by atoms with Gasteiger partial charge in [0.25, 0.3) is 0 Å². The Balaban J connectivity index is 0.000000381. The van der Waals surface area contributed by atoms with Gasteiger partial charge in [-0.1, -0.05) is 0 Å². The van der Waals surface area contributed by atoms with Gasteiger partial charge in [0.1, 0.15) is 0 Å². The van der Waals surface area contributed by atoms with Gasteiger partial charge >= 0.3 is 112 Å². The van der Waals surface area contributed by atoms with Crippen LogP contribution >= 0.6 is 0 Å². The summed E-state index contributed by atoms with van der Waals surface area (Å²) in [5, 5.41) is 18.3. The molecule has 0 spiro atoms. The second-order valence-corrected chi connectivity index (χ2v) is 6.40. The molecule has 1 aliphatic heterocycles. The van der Waals surface area contributed by atoms with Crippen LogP contribution in [-0.2, 0) is 4.79 Å². The zero-order valence-corrected chi connectivity index (χ0v) is 16.5. The molecule has 1 radical (unpaired) electrons. The molecule has 6 heteroatoms. The molecule has 2 unspecified atom stereocenters. The zero-order valence-electron chi connectivity index (χ0n) is 14.8. The van der Waals surface area contributed by atoms with Crippen molar-refractivity contribution in [1.29, 1.82) is 5.26 Å². The van der Waals surface area contributed by atoms with E-state index < -0.39 is 17.7 Å². The van der Waals surface area contributed by atoms with E-state index in [0.29, 0.717) is 5.57 Å². The molecule has 1 aromatic rings. The van der Waals surface area contributed by atoms with E-state index in [1.54, 1.807) is 17.0 Å². The Bertz CT molecular complexity index is 692. The third-order valence-corrected chi connectivity index (χ3v) is 4.92. The molecule has 2 rings (SSSR count). The van der Waals surface area contributed by atoms with Crippen molar-refractivity contribution in [1.82, 2.24) is 0 Å². The SMILES string of the molecule is CC[NH+](CC)CC.N#CC1C(=O)N=C([Se])C(=C=[N-])C1c1ccccc1. The Kier molecular flexibility index (Phi) is 9.05. The Labute approximate surface area is 157 Å². The monoisotopic (exact) mass is 403 g/mol. The molecule has 0 aliphatic carbocycles. The average molecular weight is 402 g/mol. The fraction of sp³-hybridized carbons (Fsp3) is 0.421. The topological polar surface area (TPSA) is 80.0 Å². The number of nitriles is 1. The van der Waals surface area contributed by atoms with Crippen LogP contribution in [0, 0.1) is 17.2 Å². The first-order valence-corrected chi connectivity index (χ1v) is 9.24. The normalized spacial score (nSPS) is 19.4. The van der Waals surface area contributed by atoms with Gasteiger partial charge in [0.15, 0.2) is 0 Å². The van der Waals surface area contributed by atoms with Crippen molar-refractivity contribution < 1.29 is 9.69 Å². The molecule has 1 aromatic carbocycles. The number of benzene rings is 1. The second kappa shape index (κ2) is 10.8. The van der Waals surface area contributed by atoms with E-state index >= 15 is 0 Å². The number of rotatable bonds is 4. The predicted molar refractivity (Wildman–Crippen MR) is 101 cm³/mol. The fourth-order valence-electron chi connectivity index (χ4n) is 2.69. The second-order valence-electron chi connectivity index (χ2n) is 5.59. The molecule has 0 bridgehead atoms. The number of hydrogen-bond acceptors (Lipinski definition) is 2. The van der Waals surface area contributed by atoms with Gasteiger partial charge in [0.2, 0.25) is 0 Å². The molecule has 131 valence electrons. The van der Waals surface area contributed by atoms with E-state index in [2.05, 4.69) is 41.8 Å². The first kappa shape index (κ1) is 21.0. The van der Waals surface area contributed by atoms with E-state index in [1.165, 1.54) is 19.6 Å². The predicted octanol–water partition coefficient (Wildman–Crippen LogP) is 1.11. The summed E-state index contributed by atoms with van der Waals surface area (Å²) in [6.45, 7) is 10.5. The Hall–Kier alpha value is -2.02. The molecule has 0 fully saturated rings. The average Bonchev–Trinajstić information content (AvgIpc) is 2.64. The van der Waals surface area contributed by atoms with Gasteiger partial charge < -0.3 is 4.90 Å². The minimum absolute atomic E-state index is 0.280. The molecule has 5 nitrogen and oxygen atoms in total. The van der Waals surface area contributed by atoms with Gasteiger partial charge in [0, 0.05) is 0 Å². The van der Waals surface area contributed by atoms with Crippen LogP contribution in [0.1, 0.15) is 32.3 Å². The molecule has 25 heavy (non-hydrogen) atoms. The van der Waals surface area contributed by atoms with Crippen LogP contribution in [0.2, 0.25) is 0 Å². The van der Waals surface area contributed by atoms with E-state index in [1.807, 2.05) is 30.1 Å². The number of nitrogens with one attached hydrogen (secondary N) is 1. The third-order valence-electron chi connectivity index (χ3n) is 4.27. The number of quaternary nitrogens is 1. The van der Waals surface area contributed by atoms with Crippen LogP contribution in [0.3, 0.4) is 0 Å². The van der Waals surface area contributed by atoms with Crippen molar-refractivity contribution in [3.8, 4) is 6.07 Å². The van der Waals surface area contributed by atoms with Gasteiger partial charge in [0.05, 0.1) is 19.6 Å². The van der Waals surface area contributed by atoms with E-state index in [0.717, 1.165) is 5.56 Å². The molecule has 1 aliphatic rings. The Morgan fingerprint density at radius 3 is 2.16 bits per heavy atom. The third kappa shape index (κ3) is 5.49. The molecule has 1 N–H and O–H groups in total. The number of allylic oxidation sites excluding steroid dienone is 1. The first-order valence-electron chi connectivity index (χ1n) is 8.38. The summed E-state index contributed by atoms with van der Waals surface area (Å²) in [5.74, 6) is 0.0668. The van der Waals surface area contributed by atoms with E-state index in [4.69, 9.17) is 5.26 Å². The Morgan fingerprint density at radius 2 is 1.76 bits per heavy atom. The fourth-order valence-corrected chi connectivity index (χ4v) is 3.24. The molecule has 0 saturated carbocycles. The minimum atomic E-state index is -0.931. The number of aliphatic imine (C=N–C) groups is 1.